The molecule has 142 valence electrons. The Hall–Kier alpha value is -1.43. The molecule has 0 saturated heterocycles. The minimum absolute atomic E-state index is 0. The van der Waals surface area contributed by atoms with Crippen molar-refractivity contribution in [2.75, 3.05) is 6.16 Å². The lowest BCUT2D eigenvalue weighted by atomic mass is 10.2. The molecule has 0 spiro atoms. The lowest BCUT2D eigenvalue weighted by molar-refractivity contribution is -0.00000521. The van der Waals surface area contributed by atoms with Crippen molar-refractivity contribution in [2.24, 2.45) is 0 Å². The maximum Gasteiger partial charge on any atom is 0.112 e. The number of hydrogen-bond acceptors (Lipinski definition) is 0. The van der Waals surface area contributed by atoms with E-state index in [0.29, 0.717) is 0 Å². The fourth-order valence-electron chi connectivity index (χ4n) is 3.83. The van der Waals surface area contributed by atoms with Gasteiger partial charge in [-0.05, 0) is 49.2 Å². The van der Waals surface area contributed by atoms with Crippen LogP contribution in [0, 0.1) is 0 Å². The van der Waals surface area contributed by atoms with Gasteiger partial charge in [0.25, 0.3) is 0 Å². The molecule has 0 aliphatic carbocycles. The zero-order valence-electron chi connectivity index (χ0n) is 16.2. The highest BCUT2D eigenvalue weighted by Crippen LogP contribution is 2.55. The molecule has 3 aromatic rings. The maximum absolute atomic E-state index is 2.35. The van der Waals surface area contributed by atoms with E-state index < -0.39 is 7.26 Å². The van der Waals surface area contributed by atoms with Crippen LogP contribution in [0.5, 0.6) is 0 Å². The number of benzene rings is 3. The average molecular weight is 441 g/mol. The normalized spacial score (nSPS) is 11.0. The Balaban J connectivity index is 0.00000261. The minimum Gasteiger partial charge on any atom is -1.00 e. The van der Waals surface area contributed by atoms with Crippen molar-refractivity contribution < 1.29 is 17.0 Å². The fraction of sp³-hybridized carbons (Fsp3) is 0.280. The largest absolute Gasteiger partial charge is 1.00 e. The van der Waals surface area contributed by atoms with Crippen LogP contribution < -0.4 is 32.9 Å². The van der Waals surface area contributed by atoms with Crippen LogP contribution in [0.25, 0.3) is 0 Å². The summed E-state index contributed by atoms with van der Waals surface area (Å²) in [4.78, 5) is 0. The van der Waals surface area contributed by atoms with Crippen molar-refractivity contribution in [1.82, 2.24) is 0 Å². The Labute approximate surface area is 176 Å². The molecule has 0 atom stereocenters. The van der Waals surface area contributed by atoms with E-state index in [1.807, 2.05) is 0 Å². The first-order valence-electron chi connectivity index (χ1n) is 9.93. The predicted octanol–water partition coefficient (Wildman–Crippen LogP) is 2.95. The van der Waals surface area contributed by atoms with Crippen LogP contribution >= 0.6 is 7.26 Å². The standard InChI is InChI=1S/C25H30P.BrH/c1-2-3-4-5-15-22-26(23-16-9-6-10-17-23,24-18-11-7-12-19-24)25-20-13-8-14-21-25;/h6-14,16-21H,2-5,15,22H2,1H3;1H/q+1;/p-1. The summed E-state index contributed by atoms with van der Waals surface area (Å²) in [5, 5.41) is 4.52. The first-order chi connectivity index (χ1) is 12.9. The quantitative estimate of drug-likeness (QED) is 0.354. The Morgan fingerprint density at radius 2 is 0.889 bits per heavy atom. The van der Waals surface area contributed by atoms with Crippen LogP contribution in [-0.4, -0.2) is 6.16 Å². The van der Waals surface area contributed by atoms with Crippen molar-refractivity contribution in [3.63, 3.8) is 0 Å². The maximum atomic E-state index is 2.35. The van der Waals surface area contributed by atoms with Gasteiger partial charge in [0.05, 0.1) is 6.16 Å². The van der Waals surface area contributed by atoms with E-state index in [0.717, 1.165) is 0 Å². The van der Waals surface area contributed by atoms with Crippen LogP contribution in [-0.2, 0) is 0 Å². The molecule has 3 aromatic carbocycles. The Bertz CT molecular complexity index is 659. The van der Waals surface area contributed by atoms with Crippen molar-refractivity contribution in [3.05, 3.63) is 91.0 Å². The summed E-state index contributed by atoms with van der Waals surface area (Å²) in [5.41, 5.74) is 0. The molecule has 0 fully saturated rings. The first kappa shape index (κ1) is 21.9. The molecule has 27 heavy (non-hydrogen) atoms. The second-order valence-electron chi connectivity index (χ2n) is 6.95. The molecule has 0 amide bonds. The van der Waals surface area contributed by atoms with E-state index in [2.05, 4.69) is 97.9 Å². The summed E-state index contributed by atoms with van der Waals surface area (Å²) in [5.74, 6) is 0. The van der Waals surface area contributed by atoms with Crippen molar-refractivity contribution in [1.29, 1.82) is 0 Å². The van der Waals surface area contributed by atoms with Gasteiger partial charge in [0.2, 0.25) is 0 Å². The fourth-order valence-corrected chi connectivity index (χ4v) is 8.24. The van der Waals surface area contributed by atoms with Crippen LogP contribution in [0.3, 0.4) is 0 Å². The van der Waals surface area contributed by atoms with Gasteiger partial charge >= 0.3 is 0 Å². The molecule has 0 radical (unpaired) electrons. The Morgan fingerprint density at radius 1 is 0.519 bits per heavy atom. The lowest BCUT2D eigenvalue weighted by Crippen LogP contribution is -3.00. The van der Waals surface area contributed by atoms with Crippen molar-refractivity contribution in [3.8, 4) is 0 Å². The highest BCUT2D eigenvalue weighted by molar-refractivity contribution is 7.95. The molecule has 0 saturated carbocycles. The smallest absolute Gasteiger partial charge is 0.112 e. The molecule has 0 aliphatic rings. The van der Waals surface area contributed by atoms with Gasteiger partial charge in [0.15, 0.2) is 0 Å². The molecule has 3 rings (SSSR count). The third kappa shape index (κ3) is 5.31. The van der Waals surface area contributed by atoms with Gasteiger partial charge < -0.3 is 17.0 Å². The highest BCUT2D eigenvalue weighted by atomic mass is 79.9. The average Bonchev–Trinajstić information content (AvgIpc) is 2.73. The number of rotatable bonds is 9. The van der Waals surface area contributed by atoms with E-state index in [1.54, 1.807) is 0 Å². The topological polar surface area (TPSA) is 0 Å². The zero-order chi connectivity index (χ0) is 18.1. The van der Waals surface area contributed by atoms with E-state index in [9.17, 15) is 0 Å². The Kier molecular flexibility index (Phi) is 9.25. The summed E-state index contributed by atoms with van der Waals surface area (Å²) >= 11 is 0. The molecule has 0 nitrogen and oxygen atoms in total. The summed E-state index contributed by atoms with van der Waals surface area (Å²) < 4.78 is 0. The van der Waals surface area contributed by atoms with Gasteiger partial charge in [-0.25, -0.2) is 0 Å². The molecule has 0 heterocycles. The third-order valence-electron chi connectivity index (χ3n) is 5.19. The monoisotopic (exact) mass is 440 g/mol. The molecule has 0 aliphatic heterocycles. The van der Waals surface area contributed by atoms with Gasteiger partial charge in [-0.3, -0.25) is 0 Å². The molecule has 0 aromatic heterocycles. The van der Waals surface area contributed by atoms with Crippen LogP contribution in [0.4, 0.5) is 0 Å². The SMILES string of the molecule is CCCCCCC[P+](c1ccccc1)(c1ccccc1)c1ccccc1.[Br-]. The van der Waals surface area contributed by atoms with Crippen molar-refractivity contribution >= 4 is 23.2 Å². The van der Waals surface area contributed by atoms with Gasteiger partial charge in [0, 0.05) is 0 Å². The van der Waals surface area contributed by atoms with Gasteiger partial charge in [-0.15, -0.1) is 0 Å². The van der Waals surface area contributed by atoms with Crippen LogP contribution in [0.1, 0.15) is 39.0 Å². The summed E-state index contributed by atoms with van der Waals surface area (Å²) in [6.07, 6.45) is 7.90. The molecule has 0 N–H and O–H groups in total. The van der Waals surface area contributed by atoms with Gasteiger partial charge in [-0.1, -0.05) is 80.8 Å². The third-order valence-corrected chi connectivity index (χ3v) is 9.71. The Morgan fingerprint density at radius 3 is 1.26 bits per heavy atom. The first-order valence-corrected chi connectivity index (χ1v) is 11.9. The van der Waals surface area contributed by atoms with E-state index in [1.165, 1.54) is 54.2 Å². The molecule has 0 bridgehead atoms. The van der Waals surface area contributed by atoms with Gasteiger partial charge in [0.1, 0.15) is 23.2 Å². The number of halogens is 1. The highest BCUT2D eigenvalue weighted by Gasteiger charge is 2.44. The van der Waals surface area contributed by atoms with Crippen LogP contribution in [0.2, 0.25) is 0 Å². The zero-order valence-corrected chi connectivity index (χ0v) is 18.7. The van der Waals surface area contributed by atoms with E-state index in [-0.39, 0.29) is 17.0 Å². The second-order valence-corrected chi connectivity index (χ2v) is 10.6. The number of unbranched alkanes of at least 4 members (excludes halogenated alkanes) is 4. The summed E-state index contributed by atoms with van der Waals surface area (Å²) in [6, 6.07) is 33.7. The minimum atomic E-state index is -1.60. The molecular weight excluding hydrogens is 411 g/mol. The predicted molar refractivity (Wildman–Crippen MR) is 119 cm³/mol. The number of hydrogen-bond donors (Lipinski definition) is 0. The molecular formula is C25H30BrP. The molecule has 0 unspecified atom stereocenters. The second kappa shape index (κ2) is 11.4. The molecule has 2 heteroatoms. The van der Waals surface area contributed by atoms with Crippen LogP contribution in [0.15, 0.2) is 91.0 Å². The van der Waals surface area contributed by atoms with E-state index >= 15 is 0 Å². The van der Waals surface area contributed by atoms with Gasteiger partial charge in [-0.2, -0.15) is 0 Å². The summed E-state index contributed by atoms with van der Waals surface area (Å²) in [6.45, 7) is 2.29. The summed E-state index contributed by atoms with van der Waals surface area (Å²) in [7, 11) is -1.60. The van der Waals surface area contributed by atoms with Crippen molar-refractivity contribution in [2.45, 2.75) is 39.0 Å². The lowest BCUT2D eigenvalue weighted by Gasteiger charge is -2.27. The van der Waals surface area contributed by atoms with E-state index in [4.69, 9.17) is 0 Å².